The predicted octanol–water partition coefficient (Wildman–Crippen LogP) is 1.59. The molecule has 38 heavy (non-hydrogen) atoms. The Balaban J connectivity index is 1.67. The Bertz CT molecular complexity index is 1420. The molecule has 2 aromatic carbocycles. The third-order valence-corrected chi connectivity index (χ3v) is 6.32. The molecule has 4 N–H and O–H groups in total. The number of fused-ring (bicyclic) bond motifs is 2. The molecular weight excluding hydrogens is 497 g/mol. The van der Waals surface area contributed by atoms with Crippen LogP contribution in [0.2, 0.25) is 0 Å². The van der Waals surface area contributed by atoms with Crippen LogP contribution in [-0.2, 0) is 16.9 Å². The summed E-state index contributed by atoms with van der Waals surface area (Å²) in [5.74, 6) is -1.39. The number of aldehydes is 1. The van der Waals surface area contributed by atoms with Gasteiger partial charge in [0.25, 0.3) is 11.8 Å². The van der Waals surface area contributed by atoms with Crippen LogP contribution in [0.3, 0.4) is 0 Å². The smallest absolute Gasteiger partial charge is 0.313 e. The Morgan fingerprint density at radius 1 is 1.26 bits per heavy atom. The average Bonchev–Trinajstić information content (AvgIpc) is 3.42. The first kappa shape index (κ1) is 26.6. The number of nitrogens with zero attached hydrogens (tertiary/aromatic N) is 2. The third kappa shape index (κ3) is 5.16. The molecule has 11 nitrogen and oxygen atoms in total. The summed E-state index contributed by atoms with van der Waals surface area (Å²) in [6.45, 7) is 0.739. The molecule has 200 valence electrons. The van der Waals surface area contributed by atoms with Gasteiger partial charge >= 0.3 is 6.03 Å². The van der Waals surface area contributed by atoms with Gasteiger partial charge in [-0.25, -0.2) is 9.18 Å². The average molecular weight is 526 g/mol. The first-order valence-corrected chi connectivity index (χ1v) is 11.7. The zero-order valence-electron chi connectivity index (χ0n) is 21.2. The Morgan fingerprint density at radius 3 is 2.68 bits per heavy atom. The number of furan rings is 1. The number of halogens is 1. The molecule has 0 radical (unpaired) electrons. The number of nitrogens with one attached hydrogen (secondary N) is 2. The topological polar surface area (TPSA) is 147 Å². The number of carbonyl (C=O) groups excluding carboxylic acids is 4. The van der Waals surface area contributed by atoms with Gasteiger partial charge in [-0.05, 0) is 43.9 Å². The number of carbonyl (C=O) groups is 4. The van der Waals surface area contributed by atoms with E-state index in [2.05, 4.69) is 10.6 Å². The van der Waals surface area contributed by atoms with E-state index in [1.54, 1.807) is 18.2 Å². The summed E-state index contributed by atoms with van der Waals surface area (Å²) in [5.41, 5.74) is 4.46. The second-order valence-corrected chi connectivity index (χ2v) is 9.30. The summed E-state index contributed by atoms with van der Waals surface area (Å²) in [6, 6.07) is 7.75. The fourth-order valence-corrected chi connectivity index (χ4v) is 4.36. The Kier molecular flexibility index (Phi) is 7.35. The van der Waals surface area contributed by atoms with Crippen LogP contribution >= 0.6 is 0 Å². The highest BCUT2D eigenvalue weighted by Gasteiger charge is 2.42. The van der Waals surface area contributed by atoms with Crippen LogP contribution in [0.1, 0.15) is 32.0 Å². The second kappa shape index (κ2) is 10.5. The number of ether oxygens (including phenoxy) is 1. The highest BCUT2D eigenvalue weighted by atomic mass is 19.1. The first-order chi connectivity index (χ1) is 18.1. The van der Waals surface area contributed by atoms with Gasteiger partial charge in [0, 0.05) is 36.7 Å². The molecule has 0 saturated carbocycles. The molecule has 0 saturated heterocycles. The number of amides is 4. The van der Waals surface area contributed by atoms with E-state index in [0.717, 1.165) is 6.07 Å². The third-order valence-electron chi connectivity index (χ3n) is 6.32. The summed E-state index contributed by atoms with van der Waals surface area (Å²) < 4.78 is 25.8. The van der Waals surface area contributed by atoms with Crippen LogP contribution in [0.4, 0.5) is 9.18 Å². The Morgan fingerprint density at radius 2 is 2.03 bits per heavy atom. The summed E-state index contributed by atoms with van der Waals surface area (Å²) in [5, 5.41) is 5.35. The normalized spacial score (nSPS) is 14.3. The zero-order valence-corrected chi connectivity index (χ0v) is 21.2. The molecule has 4 amide bonds. The molecule has 0 spiro atoms. The number of rotatable bonds is 10. The molecule has 2 heterocycles. The van der Waals surface area contributed by atoms with Crippen molar-refractivity contribution in [3.8, 4) is 5.75 Å². The van der Waals surface area contributed by atoms with E-state index < -0.39 is 23.3 Å². The quantitative estimate of drug-likeness (QED) is 0.341. The maximum absolute atomic E-state index is 14.8. The monoisotopic (exact) mass is 525 g/mol. The minimum atomic E-state index is -1.88. The summed E-state index contributed by atoms with van der Waals surface area (Å²) in [4.78, 5) is 53.3. The van der Waals surface area contributed by atoms with Crippen molar-refractivity contribution < 1.29 is 32.7 Å². The van der Waals surface area contributed by atoms with Gasteiger partial charge in [-0.3, -0.25) is 9.59 Å². The highest BCUT2D eigenvalue weighted by Crippen LogP contribution is 2.33. The lowest BCUT2D eigenvalue weighted by Crippen LogP contribution is -2.55. The summed E-state index contributed by atoms with van der Waals surface area (Å²) >= 11 is 0. The number of hydrogen-bond donors (Lipinski definition) is 3. The number of methoxy groups -OCH3 is 1. The maximum Gasteiger partial charge on any atom is 0.313 e. The predicted molar refractivity (Wildman–Crippen MR) is 135 cm³/mol. The molecule has 1 aliphatic rings. The highest BCUT2D eigenvalue weighted by molar-refractivity contribution is 6.00. The van der Waals surface area contributed by atoms with E-state index in [4.69, 9.17) is 14.9 Å². The SMILES string of the molecule is COc1ccc2c(c1)C(=O)N(C[C@](C=O)(NC(N)=O)c1cc3cc(C(=O)NCCN(C)C)c(F)cc3o1)C2. The number of nitrogens with two attached hydrogens (primary N) is 1. The van der Waals surface area contributed by atoms with Crippen LogP contribution in [0.5, 0.6) is 5.75 Å². The molecule has 1 aliphatic heterocycles. The van der Waals surface area contributed by atoms with Crippen LogP contribution in [0.15, 0.2) is 40.8 Å². The summed E-state index contributed by atoms with van der Waals surface area (Å²) in [6.07, 6.45) is 0.414. The van der Waals surface area contributed by atoms with Crippen LogP contribution in [-0.4, -0.2) is 74.8 Å². The molecule has 0 fully saturated rings. The zero-order chi connectivity index (χ0) is 27.6. The molecule has 4 rings (SSSR count). The summed E-state index contributed by atoms with van der Waals surface area (Å²) in [7, 11) is 5.17. The van der Waals surface area contributed by atoms with Gasteiger partial charge in [-0.1, -0.05) is 6.07 Å². The molecule has 3 aromatic rings. The largest absolute Gasteiger partial charge is 0.497 e. The van der Waals surface area contributed by atoms with Crippen LogP contribution in [0.25, 0.3) is 11.0 Å². The van der Waals surface area contributed by atoms with Crippen LogP contribution < -0.4 is 21.1 Å². The van der Waals surface area contributed by atoms with Gasteiger partial charge in [0.05, 0.1) is 19.2 Å². The lowest BCUT2D eigenvalue weighted by Gasteiger charge is -2.30. The molecule has 0 aliphatic carbocycles. The number of benzene rings is 2. The van der Waals surface area contributed by atoms with Gasteiger partial charge in [-0.15, -0.1) is 0 Å². The van der Waals surface area contributed by atoms with Crippen molar-refractivity contribution in [2.45, 2.75) is 12.1 Å². The van der Waals surface area contributed by atoms with Crippen molar-refractivity contribution in [1.29, 1.82) is 0 Å². The fourth-order valence-electron chi connectivity index (χ4n) is 4.36. The van der Waals surface area contributed by atoms with Gasteiger partial charge < -0.3 is 40.1 Å². The van der Waals surface area contributed by atoms with Gasteiger partial charge in [0.2, 0.25) is 0 Å². The fraction of sp³-hybridized carbons (Fsp3) is 0.308. The lowest BCUT2D eigenvalue weighted by atomic mass is 9.96. The minimum absolute atomic E-state index is 0.0422. The Hall–Kier alpha value is -4.45. The number of urea groups is 1. The molecule has 1 atom stereocenters. The van der Waals surface area contributed by atoms with Crippen molar-refractivity contribution in [1.82, 2.24) is 20.4 Å². The van der Waals surface area contributed by atoms with E-state index in [0.29, 0.717) is 41.6 Å². The first-order valence-electron chi connectivity index (χ1n) is 11.7. The Labute approximate surface area is 217 Å². The molecule has 0 bridgehead atoms. The van der Waals surface area contributed by atoms with Crippen molar-refractivity contribution in [3.05, 3.63) is 64.7 Å². The lowest BCUT2D eigenvalue weighted by molar-refractivity contribution is -0.114. The van der Waals surface area contributed by atoms with Crippen molar-refractivity contribution in [3.63, 3.8) is 0 Å². The number of primary amides is 1. The van der Waals surface area contributed by atoms with Crippen LogP contribution in [0, 0.1) is 5.82 Å². The maximum atomic E-state index is 14.8. The van der Waals surface area contributed by atoms with Gasteiger partial charge in [0.1, 0.15) is 22.9 Å². The van der Waals surface area contributed by atoms with Gasteiger partial charge in [0.15, 0.2) is 11.8 Å². The van der Waals surface area contributed by atoms with E-state index in [-0.39, 0.29) is 35.9 Å². The second-order valence-electron chi connectivity index (χ2n) is 9.30. The van der Waals surface area contributed by atoms with Crippen molar-refractivity contribution >= 4 is 35.1 Å². The van der Waals surface area contributed by atoms with E-state index in [9.17, 15) is 23.6 Å². The van der Waals surface area contributed by atoms with Crippen molar-refractivity contribution in [2.24, 2.45) is 5.73 Å². The van der Waals surface area contributed by atoms with Crippen molar-refractivity contribution in [2.75, 3.05) is 40.8 Å². The van der Waals surface area contributed by atoms with E-state index >= 15 is 0 Å². The number of likely N-dealkylation sites (N-methyl/N-ethyl adjacent to an activating group) is 1. The van der Waals surface area contributed by atoms with E-state index in [1.807, 2.05) is 19.0 Å². The molecule has 1 aromatic heterocycles. The molecule has 12 heteroatoms. The van der Waals surface area contributed by atoms with Gasteiger partial charge in [-0.2, -0.15) is 0 Å². The number of hydrogen-bond acceptors (Lipinski definition) is 7. The molecule has 0 unspecified atom stereocenters. The minimum Gasteiger partial charge on any atom is -0.497 e. The standard InChI is InChI=1S/C26H28FN5O6/c1-31(2)7-6-29-23(34)19-8-16-9-22(38-21(16)11-20(19)27)26(14-33,30-25(28)36)13-32-12-15-4-5-17(37-3)10-18(15)24(32)35/h4-5,8-11,14H,6-7,12-13H2,1-3H3,(H,29,34)(H3,28,30,36)/t26-/m1/s1. The molecular formula is C26H28FN5O6. The van der Waals surface area contributed by atoms with E-state index in [1.165, 1.54) is 24.1 Å².